The fraction of sp³-hybridized carbons (Fsp3) is 0.483. The molecule has 27 nitrogen and oxygen atoms in total. The lowest BCUT2D eigenvalue weighted by Gasteiger charge is -2.28. The number of carbonyl (C=O) groups is 4. The molecule has 6 aromatic rings. The molecule has 8 rings (SSSR count). The number of halogens is 3. The topological polar surface area (TPSA) is 313 Å². The second-order valence-corrected chi connectivity index (χ2v) is 19.8. The lowest BCUT2D eigenvalue weighted by atomic mass is 9.93. The quantitative estimate of drug-likeness (QED) is 0.0126. The Labute approximate surface area is 503 Å². The van der Waals surface area contributed by atoms with E-state index in [1.165, 1.54) is 35.4 Å². The Morgan fingerprint density at radius 2 is 1.40 bits per heavy atom. The van der Waals surface area contributed by atoms with Crippen LogP contribution < -0.4 is 14.8 Å². The van der Waals surface area contributed by atoms with E-state index >= 15 is 0 Å². The summed E-state index contributed by atoms with van der Waals surface area (Å²) < 4.78 is 97.6. The summed E-state index contributed by atoms with van der Waals surface area (Å²) in [6.07, 6.45) is 5.67. The van der Waals surface area contributed by atoms with Crippen LogP contribution >= 0.6 is 0 Å². The number of aliphatic hydroxyl groups excluding tert-OH is 1. The third-order valence-electron chi connectivity index (χ3n) is 13.8. The smallest absolute Gasteiger partial charge is 0.313 e. The molecule has 2 aliphatic heterocycles. The third-order valence-corrected chi connectivity index (χ3v) is 13.8. The lowest BCUT2D eigenvalue weighted by molar-refractivity contribution is -0.136. The number of benzene rings is 2. The first-order chi connectivity index (χ1) is 42.9. The number of methoxy groups -OCH3 is 1. The molecular weight excluding hydrogens is 1160 g/mol. The van der Waals surface area contributed by atoms with Crippen molar-refractivity contribution in [3.8, 4) is 23.4 Å². The van der Waals surface area contributed by atoms with E-state index < -0.39 is 58.9 Å². The number of esters is 1. The normalized spacial score (nSPS) is 15.2. The van der Waals surface area contributed by atoms with E-state index in [0.717, 1.165) is 11.1 Å². The zero-order chi connectivity index (χ0) is 62.0. The van der Waals surface area contributed by atoms with Crippen molar-refractivity contribution in [2.24, 2.45) is 0 Å². The fourth-order valence-corrected chi connectivity index (χ4v) is 9.36. The first-order valence-corrected chi connectivity index (χ1v) is 28.4. The second-order valence-electron chi connectivity index (χ2n) is 19.8. The van der Waals surface area contributed by atoms with Crippen LogP contribution in [0.25, 0.3) is 22.3 Å². The van der Waals surface area contributed by atoms with E-state index in [-0.39, 0.29) is 68.9 Å². The van der Waals surface area contributed by atoms with Crippen LogP contribution in [0.5, 0.6) is 11.5 Å². The number of β-amino-alcohol motifs (C(OH)–C–C–N with tert-alkyl or cyclic N) is 1. The number of ketones is 1. The lowest BCUT2D eigenvalue weighted by Crippen LogP contribution is -2.43. The van der Waals surface area contributed by atoms with Crippen LogP contribution in [0.4, 0.5) is 13.2 Å². The van der Waals surface area contributed by atoms with E-state index in [4.69, 9.17) is 42.6 Å². The van der Waals surface area contributed by atoms with Crippen molar-refractivity contribution in [1.29, 1.82) is 5.26 Å². The number of nitrogens with one attached hydrogen (secondary N) is 2. The highest BCUT2D eigenvalue weighted by Gasteiger charge is 2.34. The number of aromatic amines is 1. The maximum absolute atomic E-state index is 13.8. The molecule has 2 aromatic carbocycles. The van der Waals surface area contributed by atoms with Crippen LogP contribution in [-0.4, -0.2) is 229 Å². The molecule has 0 spiro atoms. The number of nitrogens with zero attached hydrogens (tertiary/aromatic N) is 10. The SMILES string of the molecule is COc1cnc(-n2cnc(C(=O)N[C@@H]3CN(CCOCCOCCOCCOCc4cn(CCOCCOCCOCCOCCC(=O)Oc5c(F)cc(F)cc5F)nn4)C[C@H]3O)n2)c2[nH]cc(C(=O)C(=O)N3CCC(=C(C#N)c4ccccc4)CC3)c12. The molecule has 0 radical (unpaired) electrons. The molecule has 0 aliphatic carbocycles. The molecule has 2 fully saturated rings. The number of nitriles is 1. The molecule has 2 atom stereocenters. The number of ether oxygens (including phenoxy) is 10. The maximum Gasteiger partial charge on any atom is 0.313 e. The Morgan fingerprint density at radius 1 is 0.784 bits per heavy atom. The van der Waals surface area contributed by atoms with Gasteiger partial charge in [0, 0.05) is 51.1 Å². The summed E-state index contributed by atoms with van der Waals surface area (Å²) in [5.74, 6) is -7.45. The van der Waals surface area contributed by atoms with Crippen LogP contribution in [-0.2, 0) is 60.6 Å². The van der Waals surface area contributed by atoms with Crippen molar-refractivity contribution in [3.05, 3.63) is 113 Å². The molecule has 472 valence electrons. The number of amides is 2. The van der Waals surface area contributed by atoms with Gasteiger partial charge < -0.3 is 67.7 Å². The van der Waals surface area contributed by atoms with Gasteiger partial charge in [-0.05, 0) is 24.0 Å². The minimum absolute atomic E-state index is 0.0613. The predicted molar refractivity (Wildman–Crippen MR) is 302 cm³/mol. The molecule has 30 heteroatoms. The zero-order valence-electron chi connectivity index (χ0n) is 48.5. The second kappa shape index (κ2) is 34.5. The average molecular weight is 1230 g/mol. The number of allylic oxidation sites excluding steroid dienone is 1. The van der Waals surface area contributed by atoms with Crippen molar-refractivity contribution >= 4 is 40.0 Å². The van der Waals surface area contributed by atoms with E-state index in [2.05, 4.69) is 46.5 Å². The number of H-pyrrole nitrogens is 1. The Bertz CT molecular complexity index is 3290. The van der Waals surface area contributed by atoms with E-state index in [1.54, 1.807) is 10.9 Å². The van der Waals surface area contributed by atoms with E-state index in [9.17, 15) is 42.7 Å². The van der Waals surface area contributed by atoms with Gasteiger partial charge in [0.2, 0.25) is 11.6 Å². The highest BCUT2D eigenvalue weighted by Crippen LogP contribution is 2.33. The van der Waals surface area contributed by atoms with Crippen molar-refractivity contribution in [1.82, 2.24) is 54.8 Å². The number of fused-ring (bicyclic) bond motifs is 1. The maximum atomic E-state index is 13.8. The molecule has 4 aromatic heterocycles. The van der Waals surface area contributed by atoms with Crippen molar-refractivity contribution in [2.75, 3.05) is 139 Å². The summed E-state index contributed by atoms with van der Waals surface area (Å²) in [7, 11) is 1.42. The average Bonchev–Trinajstić information content (AvgIpc) is 1.89. The van der Waals surface area contributed by atoms with Gasteiger partial charge in [-0.25, -0.2) is 27.8 Å². The van der Waals surface area contributed by atoms with Crippen molar-refractivity contribution in [3.63, 3.8) is 0 Å². The van der Waals surface area contributed by atoms with Crippen LogP contribution in [0.15, 0.2) is 73.0 Å². The number of aliphatic hydroxyl groups is 1. The number of piperidine rings is 1. The number of likely N-dealkylation sites (tertiary alicyclic amines) is 2. The standard InChI is InChI=1S/C58H69F3N12O15/c1-79-49-33-64-56(52-51(49)44(32-63-52)53(76)58(78)71-10-7-40(8-11-71)43(31-62)39-5-3-2-4-6-39)73-38-65-55(68-73)57(77)66-47-35-70(36-48(47)74)12-15-81-18-21-84-25-26-86-27-28-87-37-42-34-72(69-67-42)13-16-82-19-22-85-24-23-83-20-17-80-14-9-50(75)88-54-45(60)29-41(59)30-46(54)61/h2-6,29-30,32-34,38,47-48,63,74H,7-28,35-37H2,1H3,(H,66,77)/t47-,48-/m1/s1. The highest BCUT2D eigenvalue weighted by molar-refractivity contribution is 6.45. The summed E-state index contributed by atoms with van der Waals surface area (Å²) in [5.41, 5.74) is 3.38. The Balaban J connectivity index is 0.609. The molecule has 2 amide bonds. The number of pyridine rings is 1. The number of hydrogen-bond acceptors (Lipinski definition) is 22. The van der Waals surface area contributed by atoms with Gasteiger partial charge in [0.1, 0.15) is 23.6 Å². The van der Waals surface area contributed by atoms with Gasteiger partial charge in [-0.3, -0.25) is 24.1 Å². The molecule has 0 unspecified atom stereocenters. The summed E-state index contributed by atoms with van der Waals surface area (Å²) >= 11 is 0. The molecule has 2 saturated heterocycles. The van der Waals surface area contributed by atoms with Crippen molar-refractivity contribution < 1.29 is 84.8 Å². The van der Waals surface area contributed by atoms with Crippen LogP contribution in [0.1, 0.15) is 51.5 Å². The Hall–Kier alpha value is -8.09. The highest BCUT2D eigenvalue weighted by atomic mass is 19.1. The summed E-state index contributed by atoms with van der Waals surface area (Å²) in [5, 5.41) is 36.4. The molecule has 6 heterocycles. The number of Topliss-reactive ketones (excluding diaryl/α,β-unsaturated/α-hetero) is 1. The van der Waals surface area contributed by atoms with Crippen LogP contribution in [0.3, 0.4) is 0 Å². The van der Waals surface area contributed by atoms with Gasteiger partial charge >= 0.3 is 5.97 Å². The van der Waals surface area contributed by atoms with Crippen molar-refractivity contribution in [2.45, 2.75) is 44.6 Å². The summed E-state index contributed by atoms with van der Waals surface area (Å²) in [6.45, 7) is 7.13. The number of aromatic nitrogens is 8. The minimum Gasteiger partial charge on any atom is -0.494 e. The van der Waals surface area contributed by atoms with E-state index in [0.29, 0.717) is 153 Å². The minimum atomic E-state index is -1.32. The monoisotopic (exact) mass is 1230 g/mol. The number of rotatable bonds is 37. The number of hydrogen-bond donors (Lipinski definition) is 3. The zero-order valence-corrected chi connectivity index (χ0v) is 48.5. The molecule has 3 N–H and O–H groups in total. The van der Waals surface area contributed by atoms with Gasteiger partial charge in [0.25, 0.3) is 17.6 Å². The first-order valence-electron chi connectivity index (χ1n) is 28.4. The molecule has 88 heavy (non-hydrogen) atoms. The van der Waals surface area contributed by atoms with E-state index in [1.807, 2.05) is 35.2 Å². The Kier molecular flexibility index (Phi) is 25.8. The first kappa shape index (κ1) is 65.9. The van der Waals surface area contributed by atoms with Crippen LogP contribution in [0, 0.1) is 28.8 Å². The van der Waals surface area contributed by atoms with Gasteiger partial charge in [-0.1, -0.05) is 35.5 Å². The molecule has 2 aliphatic rings. The van der Waals surface area contributed by atoms with Crippen LogP contribution in [0.2, 0.25) is 0 Å². The van der Waals surface area contributed by atoms with Gasteiger partial charge in [0.05, 0.1) is 178 Å². The largest absolute Gasteiger partial charge is 0.494 e. The third kappa shape index (κ3) is 19.2. The molecule has 0 bridgehead atoms. The van der Waals surface area contributed by atoms with Gasteiger partial charge in [-0.15, -0.1) is 10.2 Å². The van der Waals surface area contributed by atoms with Gasteiger partial charge in [-0.2, -0.15) is 9.94 Å². The molecule has 0 saturated carbocycles. The molecular formula is C58H69F3N12O15. The summed E-state index contributed by atoms with van der Waals surface area (Å²) in [4.78, 5) is 67.7. The number of carbonyl (C=O) groups excluding carboxylic acids is 4. The Morgan fingerprint density at radius 3 is 2.03 bits per heavy atom. The predicted octanol–water partition coefficient (Wildman–Crippen LogP) is 3.05. The fourth-order valence-electron chi connectivity index (χ4n) is 9.36. The summed E-state index contributed by atoms with van der Waals surface area (Å²) in [6, 6.07) is 11.9. The van der Waals surface area contributed by atoms with Gasteiger partial charge in [0.15, 0.2) is 17.5 Å².